The zero-order valence-electron chi connectivity index (χ0n) is 15.8. The van der Waals surface area contributed by atoms with Crippen LogP contribution in [-0.2, 0) is 10.0 Å². The monoisotopic (exact) mass is 414 g/mol. The smallest absolute Gasteiger partial charge is 0.249 e. The Labute approximate surface area is 162 Å². The number of aromatic nitrogens is 1. The van der Waals surface area contributed by atoms with Crippen LogP contribution in [0.3, 0.4) is 0 Å². The fraction of sp³-hybridized carbons (Fsp3) is 0.471. The van der Waals surface area contributed by atoms with Crippen molar-refractivity contribution < 1.29 is 27.2 Å². The highest BCUT2D eigenvalue weighted by molar-refractivity contribution is 8.01. The Bertz CT molecular complexity index is 922. The number of hydrogen-bond acceptors (Lipinski definition) is 8. The van der Waals surface area contributed by atoms with Crippen LogP contribution in [0.2, 0.25) is 0 Å². The van der Waals surface area contributed by atoms with Crippen molar-refractivity contribution in [2.45, 2.75) is 24.1 Å². The zero-order valence-corrected chi connectivity index (χ0v) is 17.4. The molecule has 0 aliphatic carbocycles. The van der Waals surface area contributed by atoms with E-state index in [1.165, 1.54) is 37.4 Å². The van der Waals surface area contributed by atoms with E-state index in [0.717, 1.165) is 0 Å². The molecule has 8 nitrogen and oxygen atoms in total. The highest BCUT2D eigenvalue weighted by Crippen LogP contribution is 2.48. The van der Waals surface area contributed by atoms with Gasteiger partial charge in [-0.1, -0.05) is 5.16 Å². The molecule has 10 heteroatoms. The summed E-state index contributed by atoms with van der Waals surface area (Å²) in [6.07, 6.45) is 0. The average Bonchev–Trinajstić information content (AvgIpc) is 3.27. The summed E-state index contributed by atoms with van der Waals surface area (Å²) in [6, 6.07) is 3.46. The van der Waals surface area contributed by atoms with E-state index in [1.807, 2.05) is 0 Å². The molecule has 1 aliphatic heterocycles. The first-order valence-electron chi connectivity index (χ1n) is 8.21. The largest absolute Gasteiger partial charge is 0.496 e. The van der Waals surface area contributed by atoms with Gasteiger partial charge in [-0.2, -0.15) is 4.31 Å². The summed E-state index contributed by atoms with van der Waals surface area (Å²) in [4.78, 5) is 0.120. The molecule has 1 unspecified atom stereocenters. The molecule has 148 valence electrons. The Hall–Kier alpha value is -1.91. The maximum atomic E-state index is 13.3. The number of thioether (sulfide) groups is 1. The van der Waals surface area contributed by atoms with E-state index in [0.29, 0.717) is 40.8 Å². The lowest BCUT2D eigenvalue weighted by atomic mass is 10.1. The van der Waals surface area contributed by atoms with Crippen LogP contribution in [-0.4, -0.2) is 51.5 Å². The molecule has 1 atom stereocenters. The molecule has 27 heavy (non-hydrogen) atoms. The topological polar surface area (TPSA) is 91.1 Å². The molecule has 1 aliphatic rings. The Balaban J connectivity index is 2.10. The summed E-state index contributed by atoms with van der Waals surface area (Å²) in [5, 5.41) is 3.33. The van der Waals surface area contributed by atoms with E-state index in [9.17, 15) is 8.42 Å². The first kappa shape index (κ1) is 19.8. The molecule has 1 saturated heterocycles. The van der Waals surface area contributed by atoms with Crippen molar-refractivity contribution in [3.63, 3.8) is 0 Å². The summed E-state index contributed by atoms with van der Waals surface area (Å²) in [5.41, 5.74) is 1.05. The highest BCUT2D eigenvalue weighted by atomic mass is 32.2. The molecule has 1 fully saturated rings. The van der Waals surface area contributed by atoms with Crippen molar-refractivity contribution in [1.82, 2.24) is 9.46 Å². The van der Waals surface area contributed by atoms with Gasteiger partial charge in [-0.3, -0.25) is 0 Å². The summed E-state index contributed by atoms with van der Waals surface area (Å²) >= 11 is 1.52. The number of hydrogen-bond donors (Lipinski definition) is 0. The van der Waals surface area contributed by atoms with Gasteiger partial charge in [0.15, 0.2) is 17.3 Å². The summed E-state index contributed by atoms with van der Waals surface area (Å²) in [6.45, 7) is 3.60. The van der Waals surface area contributed by atoms with Crippen molar-refractivity contribution in [1.29, 1.82) is 0 Å². The minimum Gasteiger partial charge on any atom is -0.496 e. The normalized spacial score (nSPS) is 17.9. The molecule has 3 rings (SSSR count). The number of nitrogens with zero attached hydrogens (tertiary/aromatic N) is 2. The predicted molar refractivity (Wildman–Crippen MR) is 101 cm³/mol. The van der Waals surface area contributed by atoms with Crippen molar-refractivity contribution in [2.24, 2.45) is 0 Å². The molecule has 0 spiro atoms. The van der Waals surface area contributed by atoms with Gasteiger partial charge in [0.05, 0.1) is 26.7 Å². The van der Waals surface area contributed by atoms with Gasteiger partial charge in [0.25, 0.3) is 0 Å². The van der Waals surface area contributed by atoms with Gasteiger partial charge in [-0.05, 0) is 19.9 Å². The molecule has 2 heterocycles. The number of aryl methyl sites for hydroxylation is 2. The molecular weight excluding hydrogens is 392 g/mol. The third kappa shape index (κ3) is 3.37. The maximum absolute atomic E-state index is 13.3. The standard InChI is InChI=1S/C17H22N2O6S2/c1-10-16(11(2)25-18-10)27(20,21)19-6-7-26-17(19)12-8-14(23-4)15(24-5)9-13(12)22-3/h8-9,17H,6-7H2,1-5H3. The second-order valence-electron chi connectivity index (χ2n) is 5.94. The van der Waals surface area contributed by atoms with Crippen LogP contribution >= 0.6 is 11.8 Å². The number of sulfonamides is 1. The van der Waals surface area contributed by atoms with E-state index >= 15 is 0 Å². The number of benzene rings is 1. The van der Waals surface area contributed by atoms with Crippen molar-refractivity contribution in [3.8, 4) is 17.2 Å². The van der Waals surface area contributed by atoms with Gasteiger partial charge in [0.2, 0.25) is 10.0 Å². The van der Waals surface area contributed by atoms with Gasteiger partial charge in [0.1, 0.15) is 16.3 Å². The van der Waals surface area contributed by atoms with Crippen LogP contribution in [0.25, 0.3) is 0 Å². The molecule has 0 saturated carbocycles. The highest BCUT2D eigenvalue weighted by Gasteiger charge is 2.41. The van der Waals surface area contributed by atoms with E-state index in [4.69, 9.17) is 18.7 Å². The Morgan fingerprint density at radius 3 is 2.30 bits per heavy atom. The van der Waals surface area contributed by atoms with E-state index in [2.05, 4.69) is 5.16 Å². The van der Waals surface area contributed by atoms with E-state index in [1.54, 1.807) is 26.0 Å². The molecule has 0 bridgehead atoms. The van der Waals surface area contributed by atoms with Crippen molar-refractivity contribution in [2.75, 3.05) is 33.6 Å². The second kappa shape index (κ2) is 7.61. The zero-order chi connectivity index (χ0) is 19.8. The van der Waals surface area contributed by atoms with Gasteiger partial charge >= 0.3 is 0 Å². The number of methoxy groups -OCH3 is 3. The summed E-state index contributed by atoms with van der Waals surface area (Å²) in [5.74, 6) is 2.50. The van der Waals surface area contributed by atoms with Crippen LogP contribution in [0.15, 0.2) is 21.6 Å². The fourth-order valence-electron chi connectivity index (χ4n) is 3.15. The van der Waals surface area contributed by atoms with Crippen LogP contribution in [0.5, 0.6) is 17.2 Å². The molecule has 0 radical (unpaired) electrons. The first-order chi connectivity index (χ1) is 12.8. The molecule has 2 aromatic rings. The lowest BCUT2D eigenvalue weighted by Crippen LogP contribution is -2.31. The molecular formula is C17H22N2O6S2. The maximum Gasteiger partial charge on any atom is 0.249 e. The Kier molecular flexibility index (Phi) is 5.59. The Morgan fingerprint density at radius 1 is 1.11 bits per heavy atom. The average molecular weight is 415 g/mol. The quantitative estimate of drug-likeness (QED) is 0.713. The lowest BCUT2D eigenvalue weighted by molar-refractivity contribution is 0.344. The number of ether oxygens (including phenoxy) is 3. The fourth-order valence-corrected chi connectivity index (χ4v) is 6.69. The van der Waals surface area contributed by atoms with E-state index < -0.39 is 15.4 Å². The second-order valence-corrected chi connectivity index (χ2v) is 8.96. The van der Waals surface area contributed by atoms with Crippen molar-refractivity contribution >= 4 is 21.8 Å². The van der Waals surface area contributed by atoms with Crippen molar-refractivity contribution in [3.05, 3.63) is 29.2 Å². The third-order valence-corrected chi connectivity index (χ3v) is 7.87. The number of rotatable bonds is 6. The SMILES string of the molecule is COc1cc(OC)c(C2SCCN2S(=O)(=O)c2c(C)noc2C)cc1OC. The van der Waals surface area contributed by atoms with Gasteiger partial charge in [-0.15, -0.1) is 11.8 Å². The van der Waals surface area contributed by atoms with Gasteiger partial charge < -0.3 is 18.7 Å². The summed E-state index contributed by atoms with van der Waals surface area (Å²) in [7, 11) is 0.827. The summed E-state index contributed by atoms with van der Waals surface area (Å²) < 4.78 is 49.3. The van der Waals surface area contributed by atoms with Crippen LogP contribution in [0, 0.1) is 13.8 Å². The minimum absolute atomic E-state index is 0.120. The van der Waals surface area contributed by atoms with E-state index in [-0.39, 0.29) is 10.7 Å². The van der Waals surface area contributed by atoms with Gasteiger partial charge in [0, 0.05) is 23.9 Å². The molecule has 0 N–H and O–H groups in total. The molecule has 1 aromatic carbocycles. The lowest BCUT2D eigenvalue weighted by Gasteiger charge is -2.25. The Morgan fingerprint density at radius 2 is 1.74 bits per heavy atom. The van der Waals surface area contributed by atoms with Crippen LogP contribution in [0.4, 0.5) is 0 Å². The predicted octanol–water partition coefficient (Wildman–Crippen LogP) is 2.75. The molecule has 1 aromatic heterocycles. The van der Waals surface area contributed by atoms with Crippen LogP contribution in [0.1, 0.15) is 22.4 Å². The van der Waals surface area contributed by atoms with Crippen LogP contribution < -0.4 is 14.2 Å². The third-order valence-electron chi connectivity index (χ3n) is 4.39. The molecule has 0 amide bonds. The minimum atomic E-state index is -3.79. The first-order valence-corrected chi connectivity index (χ1v) is 10.7. The van der Waals surface area contributed by atoms with Gasteiger partial charge in [-0.25, -0.2) is 8.42 Å².